The van der Waals surface area contributed by atoms with Crippen LogP contribution in [0.25, 0.3) is 11.1 Å². The predicted molar refractivity (Wildman–Crippen MR) is 129 cm³/mol. The van der Waals surface area contributed by atoms with Gasteiger partial charge in [0.2, 0.25) is 0 Å². The van der Waals surface area contributed by atoms with Crippen molar-refractivity contribution < 1.29 is 24.2 Å². The smallest absolute Gasteiger partial charge is 0.411 e. The van der Waals surface area contributed by atoms with Gasteiger partial charge in [0.05, 0.1) is 11.3 Å². The molecular weight excluding hydrogens is 432 g/mol. The van der Waals surface area contributed by atoms with Gasteiger partial charge >= 0.3 is 12.1 Å². The molecule has 0 aliphatic heterocycles. The normalized spacial score (nSPS) is 12.1. The van der Waals surface area contributed by atoms with E-state index in [1.54, 1.807) is 18.2 Å². The minimum atomic E-state index is -1.09. The Bertz CT molecular complexity index is 1240. The van der Waals surface area contributed by atoms with Gasteiger partial charge < -0.3 is 15.2 Å². The molecule has 0 unspecified atom stereocenters. The highest BCUT2D eigenvalue weighted by Crippen LogP contribution is 2.44. The van der Waals surface area contributed by atoms with Crippen LogP contribution >= 0.6 is 0 Å². The van der Waals surface area contributed by atoms with Crippen molar-refractivity contribution in [2.75, 3.05) is 18.5 Å². The van der Waals surface area contributed by atoms with Crippen molar-refractivity contribution >= 4 is 23.7 Å². The molecule has 0 atom stereocenters. The summed E-state index contributed by atoms with van der Waals surface area (Å²) >= 11 is 0. The maximum atomic E-state index is 12.6. The van der Waals surface area contributed by atoms with Gasteiger partial charge in [0.1, 0.15) is 6.61 Å². The summed E-state index contributed by atoms with van der Waals surface area (Å²) in [5.74, 6) is -1.60. The van der Waals surface area contributed by atoms with Gasteiger partial charge in [0.15, 0.2) is 0 Å². The Morgan fingerprint density at radius 3 is 2.26 bits per heavy atom. The van der Waals surface area contributed by atoms with E-state index >= 15 is 0 Å². The second-order valence-corrected chi connectivity index (χ2v) is 7.95. The molecule has 7 heteroatoms. The molecule has 0 heterocycles. The number of amides is 2. The Kier molecular flexibility index (Phi) is 6.73. The highest BCUT2D eigenvalue weighted by atomic mass is 16.5. The molecule has 0 radical (unpaired) electrons. The van der Waals surface area contributed by atoms with E-state index in [1.807, 2.05) is 43.3 Å². The van der Waals surface area contributed by atoms with Crippen LogP contribution in [-0.2, 0) is 9.53 Å². The van der Waals surface area contributed by atoms with E-state index in [2.05, 4.69) is 22.8 Å². The summed E-state index contributed by atoms with van der Waals surface area (Å²) < 4.78 is 5.58. The second kappa shape index (κ2) is 10.0. The van der Waals surface area contributed by atoms with Gasteiger partial charge in [-0.2, -0.15) is 0 Å². The molecule has 0 bridgehead atoms. The Morgan fingerprint density at radius 2 is 1.62 bits per heavy atom. The Balaban J connectivity index is 1.44. The monoisotopic (exact) mass is 456 g/mol. The van der Waals surface area contributed by atoms with Crippen LogP contribution < -0.4 is 10.6 Å². The summed E-state index contributed by atoms with van der Waals surface area (Å²) in [6, 6.07) is 21.2. The van der Waals surface area contributed by atoms with E-state index in [4.69, 9.17) is 9.84 Å². The van der Waals surface area contributed by atoms with Gasteiger partial charge in [0.25, 0.3) is 5.91 Å². The lowest BCUT2D eigenvalue weighted by atomic mass is 9.98. The van der Waals surface area contributed by atoms with Gasteiger partial charge in [-0.1, -0.05) is 66.2 Å². The number of nitrogens with one attached hydrogen (secondary N) is 2. The fourth-order valence-electron chi connectivity index (χ4n) is 4.11. The molecule has 1 aliphatic rings. The van der Waals surface area contributed by atoms with E-state index in [0.717, 1.165) is 33.9 Å². The van der Waals surface area contributed by atoms with E-state index < -0.39 is 18.0 Å². The minimum absolute atomic E-state index is 0.0451. The standard InChI is InChI=1S/C27H24N2O5/c1-17-12-13-24(22(15-17)26(32)28-14-6-11-25(30)31)29-27(33)34-16-23-20-9-4-2-7-18(20)19-8-3-5-10-21(19)23/h2-13,15,23H,14,16H2,1H3,(H,28,32)(H,29,33)(H,30,31)/b11-6+. The zero-order chi connectivity index (χ0) is 24.1. The van der Waals surface area contributed by atoms with Crippen molar-refractivity contribution in [3.63, 3.8) is 0 Å². The quantitative estimate of drug-likeness (QED) is 0.446. The lowest BCUT2D eigenvalue weighted by molar-refractivity contribution is -0.131. The average Bonchev–Trinajstić information content (AvgIpc) is 3.15. The number of hydrogen-bond donors (Lipinski definition) is 3. The summed E-state index contributed by atoms with van der Waals surface area (Å²) in [5.41, 5.74) is 5.91. The third-order valence-electron chi connectivity index (χ3n) is 5.64. The van der Waals surface area contributed by atoms with Gasteiger partial charge in [0, 0.05) is 18.5 Å². The summed E-state index contributed by atoms with van der Waals surface area (Å²) in [5, 5.41) is 13.9. The molecule has 3 N–H and O–H groups in total. The largest absolute Gasteiger partial charge is 0.478 e. The van der Waals surface area contributed by atoms with Crippen LogP contribution in [0.2, 0.25) is 0 Å². The molecule has 2 amide bonds. The van der Waals surface area contributed by atoms with Crippen LogP contribution in [0.3, 0.4) is 0 Å². The van der Waals surface area contributed by atoms with E-state index in [9.17, 15) is 14.4 Å². The maximum Gasteiger partial charge on any atom is 0.411 e. The number of rotatable bonds is 7. The van der Waals surface area contributed by atoms with Crippen molar-refractivity contribution in [3.05, 3.63) is 101 Å². The predicted octanol–water partition coefficient (Wildman–Crippen LogP) is 4.73. The third kappa shape index (κ3) is 4.99. The van der Waals surface area contributed by atoms with Gasteiger partial charge in [-0.25, -0.2) is 9.59 Å². The van der Waals surface area contributed by atoms with Crippen molar-refractivity contribution in [1.29, 1.82) is 0 Å². The molecule has 0 saturated carbocycles. The van der Waals surface area contributed by atoms with Crippen LogP contribution in [0.1, 0.15) is 33.0 Å². The van der Waals surface area contributed by atoms with Crippen LogP contribution in [0, 0.1) is 6.92 Å². The summed E-state index contributed by atoms with van der Waals surface area (Å²) in [4.78, 5) is 35.8. The zero-order valence-electron chi connectivity index (χ0n) is 18.6. The van der Waals surface area contributed by atoms with E-state index in [-0.39, 0.29) is 24.6 Å². The molecule has 4 rings (SSSR count). The zero-order valence-corrected chi connectivity index (χ0v) is 18.6. The summed E-state index contributed by atoms with van der Waals surface area (Å²) in [6.45, 7) is 2.04. The Morgan fingerprint density at radius 1 is 0.971 bits per heavy atom. The molecule has 3 aromatic rings. The first kappa shape index (κ1) is 22.8. The van der Waals surface area contributed by atoms with Crippen molar-refractivity contribution in [3.8, 4) is 11.1 Å². The Hall–Kier alpha value is -4.39. The second-order valence-electron chi connectivity index (χ2n) is 7.95. The number of fused-ring (bicyclic) bond motifs is 3. The van der Waals surface area contributed by atoms with Crippen LogP contribution in [0.4, 0.5) is 10.5 Å². The molecule has 0 saturated heterocycles. The first-order valence-electron chi connectivity index (χ1n) is 10.8. The van der Waals surface area contributed by atoms with Crippen LogP contribution in [0.5, 0.6) is 0 Å². The third-order valence-corrected chi connectivity index (χ3v) is 5.64. The number of carbonyl (C=O) groups is 3. The molecule has 0 fully saturated rings. The van der Waals surface area contributed by atoms with Crippen LogP contribution in [0.15, 0.2) is 78.9 Å². The lowest BCUT2D eigenvalue weighted by Gasteiger charge is -2.16. The van der Waals surface area contributed by atoms with E-state index in [1.165, 1.54) is 6.08 Å². The molecule has 0 spiro atoms. The number of carboxylic acids is 1. The topological polar surface area (TPSA) is 105 Å². The van der Waals surface area contributed by atoms with Crippen molar-refractivity contribution in [2.45, 2.75) is 12.8 Å². The van der Waals surface area contributed by atoms with E-state index in [0.29, 0.717) is 5.69 Å². The number of anilines is 1. The number of ether oxygens (including phenoxy) is 1. The number of carboxylic acid groups (broad SMARTS) is 1. The van der Waals surface area contributed by atoms with Gasteiger partial charge in [-0.3, -0.25) is 10.1 Å². The lowest BCUT2D eigenvalue weighted by Crippen LogP contribution is -2.26. The summed E-state index contributed by atoms with van der Waals surface area (Å²) in [7, 11) is 0. The summed E-state index contributed by atoms with van der Waals surface area (Å²) in [6.07, 6.45) is 1.62. The highest BCUT2D eigenvalue weighted by Gasteiger charge is 2.29. The first-order valence-corrected chi connectivity index (χ1v) is 10.8. The maximum absolute atomic E-state index is 12.6. The molecule has 1 aliphatic carbocycles. The number of carbonyl (C=O) groups excluding carboxylic acids is 2. The van der Waals surface area contributed by atoms with Crippen molar-refractivity contribution in [2.24, 2.45) is 0 Å². The Labute approximate surface area is 197 Å². The minimum Gasteiger partial charge on any atom is -0.478 e. The molecular formula is C27H24N2O5. The van der Waals surface area contributed by atoms with Crippen molar-refractivity contribution in [1.82, 2.24) is 5.32 Å². The molecule has 172 valence electrons. The van der Waals surface area contributed by atoms with Gasteiger partial charge in [-0.05, 0) is 41.3 Å². The SMILES string of the molecule is Cc1ccc(NC(=O)OCC2c3ccccc3-c3ccccc32)c(C(=O)NC/C=C/C(=O)O)c1. The molecule has 3 aromatic carbocycles. The van der Waals surface area contributed by atoms with Gasteiger partial charge in [-0.15, -0.1) is 0 Å². The first-order chi connectivity index (χ1) is 16.4. The molecule has 34 heavy (non-hydrogen) atoms. The number of benzene rings is 3. The average molecular weight is 456 g/mol. The fraction of sp³-hybridized carbons (Fsp3) is 0.148. The highest BCUT2D eigenvalue weighted by molar-refractivity contribution is 6.03. The fourth-order valence-corrected chi connectivity index (χ4v) is 4.11. The van der Waals surface area contributed by atoms with Crippen LogP contribution in [-0.4, -0.2) is 36.2 Å². The molecule has 7 nitrogen and oxygen atoms in total. The number of hydrogen-bond acceptors (Lipinski definition) is 4. The number of aliphatic carboxylic acids is 1. The number of aryl methyl sites for hydroxylation is 1. The molecule has 0 aromatic heterocycles.